The van der Waals surface area contributed by atoms with Gasteiger partial charge in [0.05, 0.1) is 17.9 Å². The van der Waals surface area contributed by atoms with Crippen molar-refractivity contribution in [2.24, 2.45) is 0 Å². The Morgan fingerprint density at radius 2 is 1.88 bits per heavy atom. The smallest absolute Gasteiger partial charge is 0.332 e. The molecule has 0 aliphatic carbocycles. The van der Waals surface area contributed by atoms with E-state index in [0.717, 1.165) is 21.9 Å². The molecule has 0 spiro atoms. The number of rotatable bonds is 4. The number of benzene rings is 2. The molecule has 0 fully saturated rings. The summed E-state index contributed by atoms with van der Waals surface area (Å²) in [6.07, 6.45) is -2.16. The number of amides is 2. The first-order chi connectivity index (χ1) is 15.7. The van der Waals surface area contributed by atoms with Gasteiger partial charge >= 0.3 is 12.2 Å². The van der Waals surface area contributed by atoms with Crippen LogP contribution >= 0.6 is 11.6 Å². The van der Waals surface area contributed by atoms with Crippen molar-refractivity contribution in [2.45, 2.75) is 19.1 Å². The lowest BCUT2D eigenvalue weighted by Crippen LogP contribution is -2.42. The van der Waals surface area contributed by atoms with Crippen molar-refractivity contribution >= 4 is 23.2 Å². The molecule has 33 heavy (non-hydrogen) atoms. The largest absolute Gasteiger partial charge is 0.435 e. The first-order valence-corrected chi connectivity index (χ1v) is 10.5. The molecule has 0 saturated heterocycles. The number of hydrogen-bond donors (Lipinski definition) is 1. The van der Waals surface area contributed by atoms with E-state index in [4.69, 9.17) is 11.6 Å². The Morgan fingerprint density at radius 1 is 1.12 bits per heavy atom. The van der Waals surface area contributed by atoms with E-state index in [1.165, 1.54) is 18.2 Å². The Hall–Kier alpha value is -3.33. The predicted molar refractivity (Wildman–Crippen MR) is 116 cm³/mol. The van der Waals surface area contributed by atoms with Gasteiger partial charge in [0.1, 0.15) is 5.82 Å². The van der Waals surface area contributed by atoms with E-state index in [2.05, 4.69) is 10.4 Å². The standard InChI is InChI=1S/C23H19ClF4N4O/c24-17-2-1-3-19(12-17)32-20(13-21(30-32)23(26,27)28)14-29-22(33)31-10-8-16(9-11-31)15-4-6-18(25)7-5-15/h1-8,12-13H,9-11,14H2,(H,29,33). The zero-order chi connectivity index (χ0) is 23.6. The molecule has 2 heterocycles. The van der Waals surface area contributed by atoms with Gasteiger partial charge in [-0.25, -0.2) is 13.9 Å². The van der Waals surface area contributed by atoms with Crippen LogP contribution in [0.4, 0.5) is 22.4 Å². The number of hydrogen-bond acceptors (Lipinski definition) is 2. The maximum atomic E-state index is 13.2. The van der Waals surface area contributed by atoms with Crippen molar-refractivity contribution < 1.29 is 22.4 Å². The second-order valence-electron chi connectivity index (χ2n) is 7.50. The number of carbonyl (C=O) groups is 1. The van der Waals surface area contributed by atoms with Gasteiger partial charge in [0, 0.05) is 18.1 Å². The van der Waals surface area contributed by atoms with E-state index >= 15 is 0 Å². The maximum Gasteiger partial charge on any atom is 0.435 e. The third-order valence-electron chi connectivity index (χ3n) is 5.26. The quantitative estimate of drug-likeness (QED) is 0.490. The van der Waals surface area contributed by atoms with Crippen molar-refractivity contribution in [1.29, 1.82) is 0 Å². The van der Waals surface area contributed by atoms with Crippen molar-refractivity contribution in [3.63, 3.8) is 0 Å². The maximum absolute atomic E-state index is 13.2. The molecule has 4 rings (SSSR count). The van der Waals surface area contributed by atoms with Crippen LogP contribution in [0, 0.1) is 5.82 Å². The fourth-order valence-corrected chi connectivity index (χ4v) is 3.76. The summed E-state index contributed by atoms with van der Waals surface area (Å²) in [6, 6.07) is 12.9. The van der Waals surface area contributed by atoms with Gasteiger partial charge < -0.3 is 10.2 Å². The third-order valence-corrected chi connectivity index (χ3v) is 5.49. The number of nitrogens with zero attached hydrogens (tertiary/aromatic N) is 3. The molecule has 0 unspecified atom stereocenters. The molecule has 2 amide bonds. The second kappa shape index (κ2) is 9.27. The van der Waals surface area contributed by atoms with Crippen LogP contribution in [-0.2, 0) is 12.7 Å². The Labute approximate surface area is 192 Å². The minimum atomic E-state index is -4.63. The highest BCUT2D eigenvalue weighted by Gasteiger charge is 2.35. The van der Waals surface area contributed by atoms with Crippen LogP contribution < -0.4 is 5.32 Å². The summed E-state index contributed by atoms with van der Waals surface area (Å²) >= 11 is 5.97. The fraction of sp³-hybridized carbons (Fsp3) is 0.217. The number of urea groups is 1. The summed E-state index contributed by atoms with van der Waals surface area (Å²) in [5, 5.41) is 6.68. The number of halogens is 5. The van der Waals surface area contributed by atoms with E-state index in [1.54, 1.807) is 35.2 Å². The van der Waals surface area contributed by atoms with E-state index in [1.807, 2.05) is 6.08 Å². The summed E-state index contributed by atoms with van der Waals surface area (Å²) in [5.41, 5.74) is 1.36. The molecule has 0 saturated carbocycles. The van der Waals surface area contributed by atoms with Crippen LogP contribution in [0.15, 0.2) is 60.7 Å². The predicted octanol–water partition coefficient (Wildman–Crippen LogP) is 5.68. The highest BCUT2D eigenvalue weighted by molar-refractivity contribution is 6.30. The van der Waals surface area contributed by atoms with Gasteiger partial charge in [0.25, 0.3) is 0 Å². The van der Waals surface area contributed by atoms with Gasteiger partial charge in [-0.05, 0) is 54.0 Å². The highest BCUT2D eigenvalue weighted by atomic mass is 35.5. The minimum absolute atomic E-state index is 0.153. The Morgan fingerprint density at radius 3 is 2.52 bits per heavy atom. The SMILES string of the molecule is O=C(NCc1cc(C(F)(F)F)nn1-c1cccc(Cl)c1)N1CC=C(c2ccc(F)cc2)CC1. The monoisotopic (exact) mass is 478 g/mol. The van der Waals surface area contributed by atoms with Crippen LogP contribution in [0.5, 0.6) is 0 Å². The second-order valence-corrected chi connectivity index (χ2v) is 7.94. The fourth-order valence-electron chi connectivity index (χ4n) is 3.57. The molecule has 172 valence electrons. The Balaban J connectivity index is 1.46. The van der Waals surface area contributed by atoms with E-state index < -0.39 is 17.9 Å². The minimum Gasteiger partial charge on any atom is -0.332 e. The van der Waals surface area contributed by atoms with Gasteiger partial charge in [-0.2, -0.15) is 18.3 Å². The molecule has 1 aromatic heterocycles. The average Bonchev–Trinajstić information content (AvgIpc) is 3.23. The summed E-state index contributed by atoms with van der Waals surface area (Å²) in [5.74, 6) is -0.318. The third kappa shape index (κ3) is 5.36. The molecule has 10 heteroatoms. The molecule has 3 aromatic rings. The summed E-state index contributed by atoms with van der Waals surface area (Å²) in [6.45, 7) is 0.607. The first-order valence-electron chi connectivity index (χ1n) is 10.1. The van der Waals surface area contributed by atoms with Crippen molar-refractivity contribution in [1.82, 2.24) is 20.0 Å². The molecule has 1 N–H and O–H groups in total. The first kappa shape index (κ1) is 22.8. The topological polar surface area (TPSA) is 50.2 Å². The zero-order valence-electron chi connectivity index (χ0n) is 17.2. The van der Waals surface area contributed by atoms with E-state index in [-0.39, 0.29) is 18.1 Å². The van der Waals surface area contributed by atoms with Crippen molar-refractivity contribution in [2.75, 3.05) is 13.1 Å². The number of nitrogens with one attached hydrogen (secondary N) is 1. The van der Waals surface area contributed by atoms with Crippen LogP contribution in [0.1, 0.15) is 23.4 Å². The van der Waals surface area contributed by atoms with Gasteiger partial charge in [0.15, 0.2) is 5.69 Å². The van der Waals surface area contributed by atoms with Crippen LogP contribution in [0.25, 0.3) is 11.3 Å². The van der Waals surface area contributed by atoms with E-state index in [9.17, 15) is 22.4 Å². The normalized spacial score (nSPS) is 14.2. The van der Waals surface area contributed by atoms with Crippen LogP contribution in [-0.4, -0.2) is 33.8 Å². The van der Waals surface area contributed by atoms with Crippen molar-refractivity contribution in [3.05, 3.63) is 88.5 Å². The van der Waals surface area contributed by atoms with Gasteiger partial charge in [-0.1, -0.05) is 35.9 Å². The van der Waals surface area contributed by atoms with Crippen LogP contribution in [0.2, 0.25) is 5.02 Å². The lowest BCUT2D eigenvalue weighted by atomic mass is 10.00. The molecule has 0 atom stereocenters. The number of aromatic nitrogens is 2. The molecule has 1 aliphatic heterocycles. The molecule has 0 bridgehead atoms. The lowest BCUT2D eigenvalue weighted by molar-refractivity contribution is -0.141. The highest BCUT2D eigenvalue weighted by Crippen LogP contribution is 2.30. The average molecular weight is 479 g/mol. The van der Waals surface area contributed by atoms with E-state index in [0.29, 0.717) is 30.2 Å². The van der Waals surface area contributed by atoms with Crippen molar-refractivity contribution in [3.8, 4) is 5.69 Å². The summed E-state index contributed by atoms with van der Waals surface area (Å²) < 4.78 is 54.0. The molecule has 5 nitrogen and oxygen atoms in total. The summed E-state index contributed by atoms with van der Waals surface area (Å²) in [7, 11) is 0. The molecular weight excluding hydrogens is 460 g/mol. The van der Waals surface area contributed by atoms with Gasteiger partial charge in [-0.15, -0.1) is 0 Å². The number of alkyl halides is 3. The Bertz CT molecular complexity index is 1190. The molecular formula is C23H19ClF4N4O. The lowest BCUT2D eigenvalue weighted by Gasteiger charge is -2.27. The molecule has 1 aliphatic rings. The Kier molecular flexibility index (Phi) is 6.42. The number of carbonyl (C=O) groups excluding carboxylic acids is 1. The zero-order valence-corrected chi connectivity index (χ0v) is 18.0. The summed E-state index contributed by atoms with van der Waals surface area (Å²) in [4.78, 5) is 14.2. The van der Waals surface area contributed by atoms with Gasteiger partial charge in [0.2, 0.25) is 0 Å². The molecule has 0 radical (unpaired) electrons. The van der Waals surface area contributed by atoms with Gasteiger partial charge in [-0.3, -0.25) is 0 Å². The molecule has 2 aromatic carbocycles. The van der Waals surface area contributed by atoms with Crippen LogP contribution in [0.3, 0.4) is 0 Å².